The van der Waals surface area contributed by atoms with Gasteiger partial charge in [0.05, 0.1) is 5.75 Å². The van der Waals surface area contributed by atoms with Crippen LogP contribution in [0.1, 0.15) is 29.3 Å². The molecule has 0 spiro atoms. The van der Waals surface area contributed by atoms with E-state index in [0.717, 1.165) is 12.0 Å². The van der Waals surface area contributed by atoms with Gasteiger partial charge in [-0.05, 0) is 37.5 Å². The van der Waals surface area contributed by atoms with Crippen molar-refractivity contribution < 1.29 is 13.2 Å². The van der Waals surface area contributed by atoms with Crippen molar-refractivity contribution in [3.05, 3.63) is 35.4 Å². The lowest BCUT2D eigenvalue weighted by Gasteiger charge is -2.17. The highest BCUT2D eigenvalue weighted by Crippen LogP contribution is 2.07. The molecule has 0 radical (unpaired) electrons. The molecular weight excluding hydrogens is 378 g/mol. The van der Waals surface area contributed by atoms with Gasteiger partial charge in [-0.15, -0.1) is 0 Å². The summed E-state index contributed by atoms with van der Waals surface area (Å²) in [6, 6.07) is 7.61. The van der Waals surface area contributed by atoms with Crippen molar-refractivity contribution in [1.29, 1.82) is 0 Å². The van der Waals surface area contributed by atoms with Crippen LogP contribution >= 0.6 is 0 Å². The molecule has 0 aliphatic rings. The third kappa shape index (κ3) is 7.85. The van der Waals surface area contributed by atoms with Crippen LogP contribution in [0.5, 0.6) is 0 Å². The van der Waals surface area contributed by atoms with Gasteiger partial charge < -0.3 is 15.5 Å². The first-order valence-electron chi connectivity index (χ1n) is 9.40. The second-order valence-corrected chi connectivity index (χ2v) is 9.02. The molecule has 0 heterocycles. The minimum atomic E-state index is -3.13. The Morgan fingerprint density at radius 2 is 1.82 bits per heavy atom. The average molecular weight is 412 g/mol. The maximum atomic E-state index is 12.0. The van der Waals surface area contributed by atoms with Crippen LogP contribution in [0.2, 0.25) is 0 Å². The van der Waals surface area contributed by atoms with E-state index in [4.69, 9.17) is 0 Å². The lowest BCUT2D eigenvalue weighted by Crippen LogP contribution is -2.40. The van der Waals surface area contributed by atoms with Gasteiger partial charge in [-0.25, -0.2) is 12.7 Å². The Labute approximate surface area is 169 Å². The van der Waals surface area contributed by atoms with Gasteiger partial charge in [-0.3, -0.25) is 9.79 Å². The predicted molar refractivity (Wildman–Crippen MR) is 114 cm³/mol. The highest BCUT2D eigenvalue weighted by Gasteiger charge is 2.14. The minimum absolute atomic E-state index is 0.0117. The summed E-state index contributed by atoms with van der Waals surface area (Å²) in [4.78, 5) is 17.8. The first-order chi connectivity index (χ1) is 13.2. The quantitative estimate of drug-likeness (QED) is 0.337. The summed E-state index contributed by atoms with van der Waals surface area (Å²) in [6.07, 6.45) is 1.44. The van der Waals surface area contributed by atoms with Crippen LogP contribution in [0.25, 0.3) is 0 Å². The number of aliphatic imine (C=N–C) groups is 1. The van der Waals surface area contributed by atoms with Gasteiger partial charge in [0.2, 0.25) is 10.0 Å². The molecule has 0 atom stereocenters. The van der Waals surface area contributed by atoms with Crippen molar-refractivity contribution in [2.45, 2.75) is 19.8 Å². The number of sulfonamides is 1. The smallest absolute Gasteiger partial charge is 0.253 e. The number of nitrogens with zero attached hydrogens (tertiary/aromatic N) is 3. The van der Waals surface area contributed by atoms with Crippen molar-refractivity contribution in [2.24, 2.45) is 4.99 Å². The van der Waals surface area contributed by atoms with E-state index in [-0.39, 0.29) is 11.7 Å². The number of guanidine groups is 1. The Hall–Kier alpha value is -2.13. The Morgan fingerprint density at radius 1 is 1.14 bits per heavy atom. The second-order valence-electron chi connectivity index (χ2n) is 6.65. The molecule has 1 rings (SSSR count). The van der Waals surface area contributed by atoms with Crippen LogP contribution in [-0.4, -0.2) is 83.1 Å². The van der Waals surface area contributed by atoms with Gasteiger partial charge >= 0.3 is 0 Å². The molecule has 0 aliphatic heterocycles. The first-order valence-corrected chi connectivity index (χ1v) is 11.0. The summed E-state index contributed by atoms with van der Waals surface area (Å²) in [7, 11) is 3.64. The molecule has 9 heteroatoms. The highest BCUT2D eigenvalue weighted by molar-refractivity contribution is 7.89. The Bertz CT molecular complexity index is 763. The molecular formula is C19H33N5O3S. The summed E-state index contributed by atoms with van der Waals surface area (Å²) in [5.41, 5.74) is 1.75. The summed E-state index contributed by atoms with van der Waals surface area (Å²) < 4.78 is 24.8. The summed E-state index contributed by atoms with van der Waals surface area (Å²) in [5.74, 6) is 0.769. The number of hydrogen-bond acceptors (Lipinski definition) is 4. The zero-order valence-electron chi connectivity index (χ0n) is 17.5. The van der Waals surface area contributed by atoms with E-state index in [0.29, 0.717) is 37.6 Å². The van der Waals surface area contributed by atoms with E-state index in [2.05, 4.69) is 15.6 Å². The Morgan fingerprint density at radius 3 is 2.43 bits per heavy atom. The summed E-state index contributed by atoms with van der Waals surface area (Å²) in [5, 5.41) is 6.41. The van der Waals surface area contributed by atoms with Crippen LogP contribution in [-0.2, 0) is 16.4 Å². The fraction of sp³-hybridized carbons (Fsp3) is 0.579. The number of carbonyl (C=O) groups is 1. The number of nitrogens with one attached hydrogen (secondary N) is 2. The Balaban J connectivity index is 2.39. The van der Waals surface area contributed by atoms with Crippen molar-refractivity contribution in [1.82, 2.24) is 19.8 Å². The van der Waals surface area contributed by atoms with E-state index in [9.17, 15) is 13.2 Å². The van der Waals surface area contributed by atoms with Crippen LogP contribution in [0.15, 0.2) is 29.3 Å². The molecule has 2 N–H and O–H groups in total. The van der Waals surface area contributed by atoms with E-state index >= 15 is 0 Å². The molecule has 0 saturated heterocycles. The molecule has 0 saturated carbocycles. The zero-order valence-corrected chi connectivity index (χ0v) is 18.3. The van der Waals surface area contributed by atoms with Gasteiger partial charge in [-0.1, -0.05) is 12.1 Å². The average Bonchev–Trinajstić information content (AvgIpc) is 2.68. The topological polar surface area (TPSA) is 94.1 Å². The molecule has 1 aromatic carbocycles. The molecule has 28 heavy (non-hydrogen) atoms. The molecule has 1 aromatic rings. The lowest BCUT2D eigenvalue weighted by molar-refractivity contribution is 0.0827. The molecule has 0 unspecified atom stereocenters. The molecule has 0 bridgehead atoms. The van der Waals surface area contributed by atoms with E-state index in [1.165, 1.54) is 4.31 Å². The first kappa shape index (κ1) is 23.9. The standard InChI is InChI=1S/C19H33N5O3S/c1-6-28(26,27)24(5)14-8-12-21-19(20-2)22-13-11-16-9-7-10-17(15-16)18(25)23(3)4/h7,9-10,15H,6,8,11-14H2,1-5H3,(H2,20,21,22). The summed E-state index contributed by atoms with van der Waals surface area (Å²) >= 11 is 0. The largest absolute Gasteiger partial charge is 0.356 e. The molecule has 158 valence electrons. The molecule has 0 fully saturated rings. The summed E-state index contributed by atoms with van der Waals surface area (Å²) in [6.45, 7) is 3.40. The maximum absolute atomic E-state index is 12.0. The number of benzene rings is 1. The minimum Gasteiger partial charge on any atom is -0.356 e. The molecule has 8 nitrogen and oxygen atoms in total. The van der Waals surface area contributed by atoms with Crippen molar-refractivity contribution >= 4 is 21.9 Å². The van der Waals surface area contributed by atoms with E-state index in [1.807, 2.05) is 24.3 Å². The van der Waals surface area contributed by atoms with Crippen LogP contribution < -0.4 is 10.6 Å². The fourth-order valence-corrected chi connectivity index (χ4v) is 3.38. The van der Waals surface area contributed by atoms with Gasteiger partial charge in [0.15, 0.2) is 5.96 Å². The van der Waals surface area contributed by atoms with E-state index < -0.39 is 10.0 Å². The normalized spacial score (nSPS) is 12.1. The van der Waals surface area contributed by atoms with Crippen molar-refractivity contribution in [3.8, 4) is 0 Å². The van der Waals surface area contributed by atoms with Crippen molar-refractivity contribution in [3.63, 3.8) is 0 Å². The zero-order chi connectivity index (χ0) is 21.2. The molecule has 0 aromatic heterocycles. The number of hydrogen-bond donors (Lipinski definition) is 2. The predicted octanol–water partition coefficient (Wildman–Crippen LogP) is 0.768. The maximum Gasteiger partial charge on any atom is 0.253 e. The third-order valence-electron chi connectivity index (χ3n) is 4.29. The van der Waals surface area contributed by atoms with Crippen LogP contribution in [0.4, 0.5) is 0 Å². The van der Waals surface area contributed by atoms with Gasteiger partial charge in [0.25, 0.3) is 5.91 Å². The monoisotopic (exact) mass is 411 g/mol. The fourth-order valence-electron chi connectivity index (χ4n) is 2.53. The van der Waals surface area contributed by atoms with Gasteiger partial charge in [0, 0.05) is 53.4 Å². The van der Waals surface area contributed by atoms with Crippen LogP contribution in [0, 0.1) is 0 Å². The van der Waals surface area contributed by atoms with Crippen LogP contribution in [0.3, 0.4) is 0 Å². The highest BCUT2D eigenvalue weighted by atomic mass is 32.2. The van der Waals surface area contributed by atoms with Gasteiger partial charge in [-0.2, -0.15) is 0 Å². The molecule has 1 amide bonds. The van der Waals surface area contributed by atoms with Crippen molar-refractivity contribution in [2.75, 3.05) is 53.6 Å². The van der Waals surface area contributed by atoms with E-state index in [1.54, 1.807) is 40.0 Å². The molecule has 0 aliphatic carbocycles. The Kier molecular flexibility index (Phi) is 9.95. The van der Waals surface area contributed by atoms with Gasteiger partial charge in [0.1, 0.15) is 0 Å². The number of amides is 1. The SMILES string of the molecule is CCS(=O)(=O)N(C)CCCNC(=NC)NCCc1cccc(C(=O)N(C)C)c1. The number of carbonyl (C=O) groups excluding carboxylic acids is 1. The second kappa shape index (κ2) is 11.7. The lowest BCUT2D eigenvalue weighted by atomic mass is 10.1. The third-order valence-corrected chi connectivity index (χ3v) is 6.15. The number of rotatable bonds is 10.